The van der Waals surface area contributed by atoms with Gasteiger partial charge in [0.25, 0.3) is 0 Å². The van der Waals surface area contributed by atoms with Crippen molar-refractivity contribution >= 4 is 29.5 Å². The molecule has 0 saturated carbocycles. The molecule has 0 saturated heterocycles. The fraction of sp³-hybridized carbons (Fsp3) is 0.222. The third kappa shape index (κ3) is 3.06. The molecule has 1 rings (SSSR count). The van der Waals surface area contributed by atoms with Crippen LogP contribution in [-0.2, 0) is 11.8 Å². The second-order valence-corrected chi connectivity index (χ2v) is 3.44. The highest BCUT2D eigenvalue weighted by Crippen LogP contribution is 2.06. The minimum absolute atomic E-state index is 0.0837. The maximum atomic E-state index is 11.3. The molecular formula is C9H12N4O2S. The number of aromatic nitrogens is 1. The number of ether oxygens (including phenoxy) is 1. The van der Waals surface area contributed by atoms with Crippen molar-refractivity contribution in [1.29, 1.82) is 0 Å². The van der Waals surface area contributed by atoms with Crippen LogP contribution in [0.2, 0.25) is 0 Å². The Morgan fingerprint density at radius 1 is 1.75 bits per heavy atom. The minimum atomic E-state index is -0.399. The molecule has 1 heterocycles. The van der Waals surface area contributed by atoms with Gasteiger partial charge in [-0.2, -0.15) is 5.10 Å². The van der Waals surface area contributed by atoms with Gasteiger partial charge in [0.05, 0.1) is 13.3 Å². The summed E-state index contributed by atoms with van der Waals surface area (Å²) in [5, 5.41) is 3.86. The van der Waals surface area contributed by atoms with E-state index in [1.54, 1.807) is 23.9 Å². The molecular weight excluding hydrogens is 228 g/mol. The van der Waals surface area contributed by atoms with Crippen LogP contribution >= 0.6 is 12.2 Å². The van der Waals surface area contributed by atoms with Crippen LogP contribution in [0.25, 0.3) is 0 Å². The summed E-state index contributed by atoms with van der Waals surface area (Å²) in [5.74, 6) is -0.399. The Bertz CT molecular complexity index is 439. The van der Waals surface area contributed by atoms with Gasteiger partial charge < -0.3 is 15.0 Å². The SMILES string of the molecule is COC(=O)c1cc(C=NNC(N)=S)cn1C. The second kappa shape index (κ2) is 5.26. The Balaban J connectivity index is 2.80. The number of methoxy groups -OCH3 is 1. The van der Waals surface area contributed by atoms with Gasteiger partial charge in [0, 0.05) is 18.8 Å². The van der Waals surface area contributed by atoms with E-state index in [2.05, 4.69) is 27.5 Å². The Morgan fingerprint density at radius 3 is 3.00 bits per heavy atom. The summed E-state index contributed by atoms with van der Waals surface area (Å²) >= 11 is 4.58. The Kier molecular flexibility index (Phi) is 4.01. The quantitative estimate of drug-likeness (QED) is 0.336. The molecule has 0 aliphatic heterocycles. The predicted molar refractivity (Wildman–Crippen MR) is 64.3 cm³/mol. The average molecular weight is 240 g/mol. The maximum absolute atomic E-state index is 11.3. The number of esters is 1. The highest BCUT2D eigenvalue weighted by atomic mass is 32.1. The Labute approximate surface area is 98.1 Å². The van der Waals surface area contributed by atoms with Crippen LogP contribution in [0.3, 0.4) is 0 Å². The molecule has 1 aromatic heterocycles. The third-order valence-electron chi connectivity index (χ3n) is 1.81. The van der Waals surface area contributed by atoms with Gasteiger partial charge in [0.1, 0.15) is 5.69 Å². The highest BCUT2D eigenvalue weighted by Gasteiger charge is 2.10. The van der Waals surface area contributed by atoms with E-state index >= 15 is 0 Å². The molecule has 0 amide bonds. The van der Waals surface area contributed by atoms with Crippen LogP contribution in [0.1, 0.15) is 16.1 Å². The van der Waals surface area contributed by atoms with E-state index in [0.29, 0.717) is 5.69 Å². The zero-order valence-corrected chi connectivity index (χ0v) is 9.75. The molecule has 0 spiro atoms. The number of nitrogens with zero attached hydrogens (tertiary/aromatic N) is 2. The van der Waals surface area contributed by atoms with E-state index in [4.69, 9.17) is 5.73 Å². The number of aryl methyl sites for hydroxylation is 1. The molecule has 0 radical (unpaired) electrons. The predicted octanol–water partition coefficient (Wildman–Crippen LogP) is -0.0212. The van der Waals surface area contributed by atoms with Gasteiger partial charge >= 0.3 is 5.97 Å². The summed E-state index contributed by atoms with van der Waals surface area (Å²) in [6, 6.07) is 1.65. The van der Waals surface area contributed by atoms with Crippen LogP contribution < -0.4 is 11.2 Å². The van der Waals surface area contributed by atoms with Crippen LogP contribution in [0.5, 0.6) is 0 Å². The number of thiocarbonyl (C=S) groups is 1. The topological polar surface area (TPSA) is 81.6 Å². The van der Waals surface area contributed by atoms with Gasteiger partial charge in [-0.05, 0) is 18.3 Å². The number of carbonyl (C=O) groups excluding carboxylic acids is 1. The summed E-state index contributed by atoms with van der Waals surface area (Å²) in [7, 11) is 3.07. The summed E-state index contributed by atoms with van der Waals surface area (Å²) in [6.45, 7) is 0. The molecule has 7 heteroatoms. The van der Waals surface area contributed by atoms with Crippen molar-refractivity contribution in [3.8, 4) is 0 Å². The van der Waals surface area contributed by atoms with Crippen molar-refractivity contribution in [2.75, 3.05) is 7.11 Å². The van der Waals surface area contributed by atoms with Crippen molar-refractivity contribution in [1.82, 2.24) is 9.99 Å². The number of carbonyl (C=O) groups is 1. The lowest BCUT2D eigenvalue weighted by atomic mass is 10.3. The first kappa shape index (κ1) is 12.2. The summed E-state index contributed by atoms with van der Waals surface area (Å²) in [6.07, 6.45) is 3.24. The van der Waals surface area contributed by atoms with Gasteiger partial charge in [0.2, 0.25) is 0 Å². The van der Waals surface area contributed by atoms with E-state index in [-0.39, 0.29) is 5.11 Å². The normalized spacial score (nSPS) is 10.4. The lowest BCUT2D eigenvalue weighted by Gasteiger charge is -1.98. The highest BCUT2D eigenvalue weighted by molar-refractivity contribution is 7.80. The van der Waals surface area contributed by atoms with Crippen molar-refractivity contribution < 1.29 is 9.53 Å². The number of nitrogens with one attached hydrogen (secondary N) is 1. The van der Waals surface area contributed by atoms with E-state index in [0.717, 1.165) is 5.56 Å². The molecule has 0 aliphatic carbocycles. The first-order valence-electron chi connectivity index (χ1n) is 4.37. The van der Waals surface area contributed by atoms with Gasteiger partial charge in [0.15, 0.2) is 5.11 Å². The number of hydrogen-bond donors (Lipinski definition) is 2. The first-order valence-corrected chi connectivity index (χ1v) is 4.78. The Hall–Kier alpha value is -1.89. The monoisotopic (exact) mass is 240 g/mol. The minimum Gasteiger partial charge on any atom is -0.464 e. The first-order chi connectivity index (χ1) is 7.54. The number of hydrogen-bond acceptors (Lipinski definition) is 4. The van der Waals surface area contributed by atoms with Gasteiger partial charge in [-0.25, -0.2) is 4.79 Å². The van der Waals surface area contributed by atoms with E-state index in [9.17, 15) is 4.79 Å². The zero-order valence-electron chi connectivity index (χ0n) is 8.93. The average Bonchev–Trinajstić information content (AvgIpc) is 2.58. The fourth-order valence-electron chi connectivity index (χ4n) is 1.14. The van der Waals surface area contributed by atoms with Crippen molar-refractivity contribution in [2.24, 2.45) is 17.9 Å². The molecule has 16 heavy (non-hydrogen) atoms. The molecule has 6 nitrogen and oxygen atoms in total. The number of rotatable bonds is 3. The largest absolute Gasteiger partial charge is 0.464 e. The summed E-state index contributed by atoms with van der Waals surface area (Å²) < 4.78 is 6.26. The molecule has 1 aromatic rings. The van der Waals surface area contributed by atoms with E-state index < -0.39 is 5.97 Å². The second-order valence-electron chi connectivity index (χ2n) is 3.00. The molecule has 0 aliphatic rings. The molecule has 0 aromatic carbocycles. The lowest BCUT2D eigenvalue weighted by molar-refractivity contribution is 0.0590. The molecule has 0 bridgehead atoms. The standard InChI is InChI=1S/C9H12N4O2S/c1-13-5-6(4-11-12-9(10)16)3-7(13)8(14)15-2/h3-5H,1-2H3,(H3,10,12,16). The van der Waals surface area contributed by atoms with Crippen LogP contribution in [-0.4, -0.2) is 29.0 Å². The van der Waals surface area contributed by atoms with Gasteiger partial charge in [-0.15, -0.1) is 0 Å². The third-order valence-corrected chi connectivity index (χ3v) is 1.90. The molecule has 3 N–H and O–H groups in total. The van der Waals surface area contributed by atoms with Crippen molar-refractivity contribution in [3.63, 3.8) is 0 Å². The van der Waals surface area contributed by atoms with E-state index in [1.807, 2.05) is 0 Å². The maximum Gasteiger partial charge on any atom is 0.354 e. The van der Waals surface area contributed by atoms with Crippen LogP contribution in [0.15, 0.2) is 17.4 Å². The summed E-state index contributed by atoms with van der Waals surface area (Å²) in [4.78, 5) is 11.3. The van der Waals surface area contributed by atoms with E-state index in [1.165, 1.54) is 13.3 Å². The number of hydrazone groups is 1. The number of nitrogens with two attached hydrogens (primary N) is 1. The molecule has 0 fully saturated rings. The smallest absolute Gasteiger partial charge is 0.354 e. The van der Waals surface area contributed by atoms with Gasteiger partial charge in [-0.1, -0.05) is 0 Å². The lowest BCUT2D eigenvalue weighted by Crippen LogP contribution is -2.23. The molecule has 0 unspecified atom stereocenters. The van der Waals surface area contributed by atoms with Crippen LogP contribution in [0.4, 0.5) is 0 Å². The van der Waals surface area contributed by atoms with Gasteiger partial charge in [-0.3, -0.25) is 5.43 Å². The molecule has 86 valence electrons. The van der Waals surface area contributed by atoms with Crippen molar-refractivity contribution in [3.05, 3.63) is 23.5 Å². The Morgan fingerprint density at radius 2 is 2.44 bits per heavy atom. The molecule has 0 atom stereocenters. The van der Waals surface area contributed by atoms with Crippen LogP contribution in [0, 0.1) is 0 Å². The van der Waals surface area contributed by atoms with Crippen molar-refractivity contribution in [2.45, 2.75) is 0 Å². The fourth-order valence-corrected chi connectivity index (χ4v) is 1.19. The summed E-state index contributed by atoms with van der Waals surface area (Å²) in [5.41, 5.74) is 8.79. The zero-order chi connectivity index (χ0) is 12.1.